The van der Waals surface area contributed by atoms with Crippen LogP contribution in [0.3, 0.4) is 0 Å². The molecule has 0 aliphatic rings. The zero-order chi connectivity index (χ0) is 16.8. The third-order valence-corrected chi connectivity index (χ3v) is 4.41. The number of unbranched alkanes of at least 4 members (excludes halogenated alkanes) is 1. The van der Waals surface area contributed by atoms with E-state index in [-0.39, 0.29) is 5.88 Å². The quantitative estimate of drug-likeness (QED) is 0.703. The molecule has 124 valence electrons. The van der Waals surface area contributed by atoms with E-state index in [0.717, 1.165) is 24.6 Å². The number of nitrogens with zero attached hydrogens (tertiary/aromatic N) is 3. The molecule has 1 aromatic heterocycles. The van der Waals surface area contributed by atoms with Crippen LogP contribution < -0.4 is 4.74 Å². The van der Waals surface area contributed by atoms with Gasteiger partial charge in [-0.15, -0.1) is 4.37 Å². The summed E-state index contributed by atoms with van der Waals surface area (Å²) in [7, 11) is 0. The van der Waals surface area contributed by atoms with Crippen LogP contribution in [0, 0.1) is 0 Å². The Hall–Kier alpha value is -1.37. The van der Waals surface area contributed by atoms with Crippen LogP contribution in [-0.2, 0) is 0 Å². The van der Waals surface area contributed by atoms with Gasteiger partial charge in [-0.1, -0.05) is 42.6 Å². The number of rotatable bonds is 6. The predicted molar refractivity (Wildman–Crippen MR) is 93.5 cm³/mol. The highest BCUT2D eigenvalue weighted by molar-refractivity contribution is 6.99. The fourth-order valence-electron chi connectivity index (χ4n) is 2.00. The van der Waals surface area contributed by atoms with Crippen molar-refractivity contribution in [3.63, 3.8) is 0 Å². The van der Waals surface area contributed by atoms with Crippen molar-refractivity contribution in [2.45, 2.75) is 26.7 Å². The van der Waals surface area contributed by atoms with E-state index in [0.29, 0.717) is 34.4 Å². The molecule has 2 rings (SSSR count). The van der Waals surface area contributed by atoms with E-state index in [1.165, 1.54) is 0 Å². The van der Waals surface area contributed by atoms with Gasteiger partial charge in [-0.3, -0.25) is 0 Å². The van der Waals surface area contributed by atoms with Crippen LogP contribution in [-0.4, -0.2) is 32.8 Å². The number of aromatic nitrogens is 2. The SMILES string of the molecule is CCCCN(CC)C(=O)Oc1nsnc1-c1c(Cl)cccc1Cl. The molecule has 5 nitrogen and oxygen atoms in total. The first-order valence-corrected chi connectivity index (χ1v) is 8.80. The third-order valence-electron chi connectivity index (χ3n) is 3.26. The summed E-state index contributed by atoms with van der Waals surface area (Å²) in [6.07, 6.45) is 1.47. The molecule has 0 aliphatic heterocycles. The van der Waals surface area contributed by atoms with Gasteiger partial charge in [0.1, 0.15) is 0 Å². The Balaban J connectivity index is 2.23. The normalized spacial score (nSPS) is 10.6. The molecule has 1 heterocycles. The molecular formula is C15H17Cl2N3O2S. The van der Waals surface area contributed by atoms with E-state index >= 15 is 0 Å². The van der Waals surface area contributed by atoms with E-state index < -0.39 is 6.09 Å². The maximum atomic E-state index is 12.3. The molecule has 0 spiro atoms. The maximum absolute atomic E-state index is 12.3. The minimum absolute atomic E-state index is 0.130. The lowest BCUT2D eigenvalue weighted by atomic mass is 10.1. The lowest BCUT2D eigenvalue weighted by molar-refractivity contribution is 0.153. The number of hydrogen-bond acceptors (Lipinski definition) is 5. The van der Waals surface area contributed by atoms with Crippen molar-refractivity contribution in [3.8, 4) is 17.1 Å². The Bertz CT molecular complexity index is 658. The van der Waals surface area contributed by atoms with Crippen LogP contribution >= 0.6 is 34.9 Å². The lowest BCUT2D eigenvalue weighted by Crippen LogP contribution is -2.34. The van der Waals surface area contributed by atoms with Crippen molar-refractivity contribution in [2.75, 3.05) is 13.1 Å². The smallest absolute Gasteiger partial charge is 0.388 e. The predicted octanol–water partition coefficient (Wildman–Crippen LogP) is 5.13. The first-order chi connectivity index (χ1) is 11.1. The van der Waals surface area contributed by atoms with Crippen LogP contribution in [0.1, 0.15) is 26.7 Å². The second-order valence-electron chi connectivity index (χ2n) is 4.82. The van der Waals surface area contributed by atoms with Gasteiger partial charge < -0.3 is 9.64 Å². The Morgan fingerprint density at radius 3 is 2.57 bits per heavy atom. The van der Waals surface area contributed by atoms with E-state index in [1.807, 2.05) is 6.92 Å². The number of ether oxygens (including phenoxy) is 1. The number of hydrogen-bond donors (Lipinski definition) is 0. The molecule has 0 aliphatic carbocycles. The molecule has 0 unspecified atom stereocenters. The summed E-state index contributed by atoms with van der Waals surface area (Å²) in [6, 6.07) is 5.14. The molecule has 0 saturated heterocycles. The maximum Gasteiger partial charge on any atom is 0.416 e. The number of carbonyl (C=O) groups is 1. The van der Waals surface area contributed by atoms with E-state index in [2.05, 4.69) is 15.7 Å². The first-order valence-electron chi connectivity index (χ1n) is 7.32. The number of amides is 1. The zero-order valence-electron chi connectivity index (χ0n) is 12.9. The standard InChI is InChI=1S/C15H17Cl2N3O2S/c1-3-5-9-20(4-2)15(21)22-14-13(18-23-19-14)12-10(16)7-6-8-11(12)17/h6-8H,3-5,9H2,1-2H3. The van der Waals surface area contributed by atoms with Crippen molar-refractivity contribution < 1.29 is 9.53 Å². The summed E-state index contributed by atoms with van der Waals surface area (Å²) in [5, 5.41) is 0.863. The summed E-state index contributed by atoms with van der Waals surface area (Å²) in [5.74, 6) is 0.130. The average molecular weight is 374 g/mol. The van der Waals surface area contributed by atoms with Crippen molar-refractivity contribution in [2.24, 2.45) is 0 Å². The number of halogens is 2. The lowest BCUT2D eigenvalue weighted by Gasteiger charge is -2.19. The highest BCUT2D eigenvalue weighted by Gasteiger charge is 2.22. The molecule has 0 fully saturated rings. The molecule has 23 heavy (non-hydrogen) atoms. The second-order valence-corrected chi connectivity index (χ2v) is 6.16. The highest BCUT2D eigenvalue weighted by Crippen LogP contribution is 2.38. The van der Waals surface area contributed by atoms with Crippen LogP contribution in [0.5, 0.6) is 5.88 Å². The van der Waals surface area contributed by atoms with Gasteiger partial charge in [0.15, 0.2) is 5.69 Å². The third kappa shape index (κ3) is 4.34. The fourth-order valence-corrected chi connectivity index (χ4v) is 3.07. The molecule has 0 atom stereocenters. The average Bonchev–Trinajstić information content (AvgIpc) is 2.96. The first kappa shape index (κ1) is 18.0. The minimum atomic E-state index is -0.446. The summed E-state index contributed by atoms with van der Waals surface area (Å²) >= 11 is 13.3. The summed E-state index contributed by atoms with van der Waals surface area (Å²) in [4.78, 5) is 13.9. The van der Waals surface area contributed by atoms with Gasteiger partial charge in [-0.05, 0) is 25.5 Å². The van der Waals surface area contributed by atoms with Gasteiger partial charge in [-0.25, -0.2) is 4.79 Å². The minimum Gasteiger partial charge on any atom is -0.388 e. The van der Waals surface area contributed by atoms with E-state index in [9.17, 15) is 4.79 Å². The van der Waals surface area contributed by atoms with Gasteiger partial charge in [0.2, 0.25) is 0 Å². The van der Waals surface area contributed by atoms with Crippen LogP contribution in [0.2, 0.25) is 10.0 Å². The molecule has 0 saturated carbocycles. The highest BCUT2D eigenvalue weighted by atomic mass is 35.5. The van der Waals surface area contributed by atoms with Crippen LogP contribution in [0.15, 0.2) is 18.2 Å². The Labute approximate surface area is 149 Å². The number of benzene rings is 1. The largest absolute Gasteiger partial charge is 0.416 e. The summed E-state index contributed by atoms with van der Waals surface area (Å²) < 4.78 is 13.6. The Morgan fingerprint density at radius 2 is 1.96 bits per heavy atom. The molecule has 2 aromatic rings. The van der Waals surface area contributed by atoms with Crippen LogP contribution in [0.4, 0.5) is 4.79 Å². The summed E-state index contributed by atoms with van der Waals surface area (Å²) in [5.41, 5.74) is 0.898. The zero-order valence-corrected chi connectivity index (χ0v) is 15.2. The van der Waals surface area contributed by atoms with E-state index in [1.54, 1.807) is 23.1 Å². The molecular weight excluding hydrogens is 357 g/mol. The van der Waals surface area contributed by atoms with Crippen LogP contribution in [0.25, 0.3) is 11.3 Å². The van der Waals surface area contributed by atoms with E-state index in [4.69, 9.17) is 27.9 Å². The van der Waals surface area contributed by atoms with Gasteiger partial charge in [0.25, 0.3) is 5.88 Å². The molecule has 1 amide bonds. The van der Waals surface area contributed by atoms with Crippen molar-refractivity contribution in [3.05, 3.63) is 28.2 Å². The fraction of sp³-hybridized carbons (Fsp3) is 0.400. The monoisotopic (exact) mass is 373 g/mol. The van der Waals surface area contributed by atoms with Crippen molar-refractivity contribution >= 4 is 41.0 Å². The second kappa shape index (κ2) is 8.47. The Kier molecular flexibility index (Phi) is 6.62. The molecule has 0 N–H and O–H groups in total. The van der Waals surface area contributed by atoms with Crippen molar-refractivity contribution in [1.82, 2.24) is 13.6 Å². The van der Waals surface area contributed by atoms with Gasteiger partial charge in [-0.2, -0.15) is 4.37 Å². The van der Waals surface area contributed by atoms with Gasteiger partial charge in [0, 0.05) is 18.7 Å². The van der Waals surface area contributed by atoms with Gasteiger partial charge in [0.05, 0.1) is 21.8 Å². The van der Waals surface area contributed by atoms with Gasteiger partial charge >= 0.3 is 6.09 Å². The number of carbonyl (C=O) groups excluding carboxylic acids is 1. The molecule has 0 radical (unpaired) electrons. The topological polar surface area (TPSA) is 55.3 Å². The summed E-state index contributed by atoms with van der Waals surface area (Å²) in [6.45, 7) is 5.19. The Morgan fingerprint density at radius 1 is 1.26 bits per heavy atom. The van der Waals surface area contributed by atoms with Crippen molar-refractivity contribution in [1.29, 1.82) is 0 Å². The molecule has 0 bridgehead atoms. The molecule has 1 aromatic carbocycles. The molecule has 8 heteroatoms.